The normalized spacial score (nSPS) is 11.8. The number of rotatable bonds is 7. The number of aromatic carboxylic acids is 1. The number of hydrogen-bond donors (Lipinski definition) is 3. The minimum Gasteiger partial charge on any atom is -0.496 e. The van der Waals surface area contributed by atoms with E-state index in [1.807, 2.05) is 6.92 Å². The lowest BCUT2D eigenvalue weighted by molar-refractivity contribution is -0.119. The number of carbonyl (C=O) groups is 2. The van der Waals surface area contributed by atoms with Gasteiger partial charge in [-0.25, -0.2) is 4.79 Å². The first-order chi connectivity index (χ1) is 9.53. The van der Waals surface area contributed by atoms with Gasteiger partial charge in [-0.1, -0.05) is 13.3 Å². The number of hydrogen-bond acceptors (Lipinski definition) is 4. The van der Waals surface area contributed by atoms with Gasteiger partial charge >= 0.3 is 5.97 Å². The topological polar surface area (TPSA) is 102 Å². The van der Waals surface area contributed by atoms with Gasteiger partial charge < -0.3 is 20.9 Å². The number of carboxylic acids is 1. The van der Waals surface area contributed by atoms with Crippen LogP contribution >= 0.6 is 0 Å². The molecule has 4 N–H and O–H groups in total. The van der Waals surface area contributed by atoms with E-state index in [2.05, 4.69) is 5.32 Å². The quantitative estimate of drug-likeness (QED) is 0.705. The summed E-state index contributed by atoms with van der Waals surface area (Å²) in [6.45, 7) is 2.27. The summed E-state index contributed by atoms with van der Waals surface area (Å²) in [6.07, 6.45) is 1.59. The van der Waals surface area contributed by atoms with Gasteiger partial charge in [0.05, 0.1) is 13.0 Å². The van der Waals surface area contributed by atoms with Crippen LogP contribution in [0.25, 0.3) is 0 Å². The van der Waals surface area contributed by atoms with Crippen molar-refractivity contribution < 1.29 is 19.4 Å². The first-order valence-electron chi connectivity index (χ1n) is 6.45. The number of nitrogens with one attached hydrogen (secondary N) is 1. The molecule has 1 atom stereocenters. The van der Waals surface area contributed by atoms with Gasteiger partial charge in [0.25, 0.3) is 0 Å². The van der Waals surface area contributed by atoms with Gasteiger partial charge in [-0.15, -0.1) is 0 Å². The van der Waals surface area contributed by atoms with Crippen LogP contribution in [0.4, 0.5) is 5.69 Å². The highest BCUT2D eigenvalue weighted by molar-refractivity contribution is 5.95. The van der Waals surface area contributed by atoms with Crippen LogP contribution < -0.4 is 15.8 Å². The summed E-state index contributed by atoms with van der Waals surface area (Å²) in [7, 11) is 1.38. The standard InChI is InChI=1S/C14H20N2O4/c1-3-4-9(8-15)13(17)16-10-5-6-11(14(18)19)12(7-10)20-2/h5-7,9H,3-4,8,15H2,1-2H3,(H,16,17)(H,18,19). The average molecular weight is 280 g/mol. The van der Waals surface area contributed by atoms with Crippen molar-refractivity contribution in [3.8, 4) is 5.75 Å². The molecule has 1 amide bonds. The highest BCUT2D eigenvalue weighted by Gasteiger charge is 2.17. The molecule has 0 aliphatic heterocycles. The molecule has 1 rings (SSSR count). The van der Waals surface area contributed by atoms with Gasteiger partial charge in [-0.05, 0) is 18.6 Å². The van der Waals surface area contributed by atoms with Crippen molar-refractivity contribution in [1.29, 1.82) is 0 Å². The van der Waals surface area contributed by atoms with Crippen LogP contribution in [0.15, 0.2) is 18.2 Å². The van der Waals surface area contributed by atoms with E-state index in [-0.39, 0.29) is 29.7 Å². The molecule has 0 saturated carbocycles. The van der Waals surface area contributed by atoms with Gasteiger partial charge in [0.15, 0.2) is 0 Å². The average Bonchev–Trinajstić information content (AvgIpc) is 2.44. The third kappa shape index (κ3) is 3.96. The molecule has 0 aliphatic rings. The maximum Gasteiger partial charge on any atom is 0.339 e. The van der Waals surface area contributed by atoms with Crippen LogP contribution in [0, 0.1) is 5.92 Å². The Morgan fingerprint density at radius 1 is 1.45 bits per heavy atom. The summed E-state index contributed by atoms with van der Waals surface area (Å²) in [6, 6.07) is 4.42. The molecule has 0 heterocycles. The predicted molar refractivity (Wildman–Crippen MR) is 76.0 cm³/mol. The molecule has 1 unspecified atom stereocenters. The Balaban J connectivity index is 2.88. The predicted octanol–water partition coefficient (Wildman–Crippen LogP) is 1.71. The van der Waals surface area contributed by atoms with Gasteiger partial charge in [0.2, 0.25) is 5.91 Å². The Kier molecular flexibility index (Phi) is 5.99. The number of amides is 1. The second kappa shape index (κ2) is 7.49. The van der Waals surface area contributed by atoms with E-state index in [1.165, 1.54) is 25.3 Å². The lowest BCUT2D eigenvalue weighted by atomic mass is 10.0. The fourth-order valence-corrected chi connectivity index (χ4v) is 1.89. The summed E-state index contributed by atoms with van der Waals surface area (Å²) in [5.41, 5.74) is 6.11. The molecule has 1 aromatic rings. The Morgan fingerprint density at radius 2 is 2.15 bits per heavy atom. The number of benzene rings is 1. The zero-order valence-electron chi connectivity index (χ0n) is 11.7. The molecule has 20 heavy (non-hydrogen) atoms. The van der Waals surface area contributed by atoms with Crippen LogP contribution in [0.2, 0.25) is 0 Å². The zero-order chi connectivity index (χ0) is 15.1. The van der Waals surface area contributed by atoms with E-state index in [0.29, 0.717) is 12.1 Å². The Hall–Kier alpha value is -2.08. The molecule has 0 radical (unpaired) electrons. The summed E-state index contributed by atoms with van der Waals surface area (Å²) >= 11 is 0. The summed E-state index contributed by atoms with van der Waals surface area (Å²) in [5.74, 6) is -1.29. The minimum atomic E-state index is -1.08. The van der Waals surface area contributed by atoms with Gasteiger partial charge in [0, 0.05) is 18.3 Å². The lowest BCUT2D eigenvalue weighted by Crippen LogP contribution is -2.29. The molecule has 1 aromatic carbocycles. The SMILES string of the molecule is CCCC(CN)C(=O)Nc1ccc(C(=O)O)c(OC)c1. The van der Waals surface area contributed by atoms with E-state index in [4.69, 9.17) is 15.6 Å². The minimum absolute atomic E-state index is 0.0504. The van der Waals surface area contributed by atoms with Crippen molar-refractivity contribution in [3.63, 3.8) is 0 Å². The molecule has 6 heteroatoms. The van der Waals surface area contributed by atoms with E-state index >= 15 is 0 Å². The molecule has 0 bridgehead atoms. The molecule has 0 aliphatic carbocycles. The highest BCUT2D eigenvalue weighted by atomic mass is 16.5. The van der Waals surface area contributed by atoms with E-state index in [0.717, 1.165) is 6.42 Å². The maximum atomic E-state index is 12.0. The van der Waals surface area contributed by atoms with Crippen molar-refractivity contribution in [2.75, 3.05) is 19.0 Å². The molecular weight excluding hydrogens is 260 g/mol. The first kappa shape index (κ1) is 16.0. The number of carboxylic acid groups (broad SMARTS) is 1. The van der Waals surface area contributed by atoms with Crippen LogP contribution in [0.3, 0.4) is 0 Å². The number of ether oxygens (including phenoxy) is 1. The second-order valence-corrected chi connectivity index (χ2v) is 4.43. The Labute approximate surface area is 117 Å². The number of nitrogens with two attached hydrogens (primary N) is 1. The molecule has 6 nitrogen and oxygen atoms in total. The lowest BCUT2D eigenvalue weighted by Gasteiger charge is -2.15. The van der Waals surface area contributed by atoms with Crippen LogP contribution in [0.1, 0.15) is 30.1 Å². The van der Waals surface area contributed by atoms with Crippen LogP contribution in [0.5, 0.6) is 5.75 Å². The smallest absolute Gasteiger partial charge is 0.339 e. The van der Waals surface area contributed by atoms with Gasteiger partial charge in [-0.2, -0.15) is 0 Å². The Bertz CT molecular complexity index is 488. The van der Waals surface area contributed by atoms with E-state index < -0.39 is 5.97 Å². The molecule has 0 spiro atoms. The highest BCUT2D eigenvalue weighted by Crippen LogP contribution is 2.23. The zero-order valence-corrected chi connectivity index (χ0v) is 11.7. The van der Waals surface area contributed by atoms with Crippen molar-refractivity contribution in [2.45, 2.75) is 19.8 Å². The van der Waals surface area contributed by atoms with Crippen molar-refractivity contribution in [2.24, 2.45) is 11.7 Å². The third-order valence-corrected chi connectivity index (χ3v) is 2.99. The third-order valence-electron chi connectivity index (χ3n) is 2.99. The monoisotopic (exact) mass is 280 g/mol. The van der Waals surface area contributed by atoms with Crippen LogP contribution in [-0.4, -0.2) is 30.6 Å². The number of carbonyl (C=O) groups excluding carboxylic acids is 1. The van der Waals surface area contributed by atoms with Crippen molar-refractivity contribution in [1.82, 2.24) is 0 Å². The van der Waals surface area contributed by atoms with Crippen LogP contribution in [-0.2, 0) is 4.79 Å². The summed E-state index contributed by atoms with van der Waals surface area (Å²) in [5, 5.41) is 11.7. The van der Waals surface area contributed by atoms with Gasteiger partial charge in [-0.3, -0.25) is 4.79 Å². The second-order valence-electron chi connectivity index (χ2n) is 4.43. The maximum absolute atomic E-state index is 12.0. The molecule has 0 aromatic heterocycles. The van der Waals surface area contributed by atoms with E-state index in [1.54, 1.807) is 0 Å². The Morgan fingerprint density at radius 3 is 2.65 bits per heavy atom. The fourth-order valence-electron chi connectivity index (χ4n) is 1.89. The van der Waals surface area contributed by atoms with E-state index in [9.17, 15) is 9.59 Å². The summed E-state index contributed by atoms with van der Waals surface area (Å²) < 4.78 is 5.01. The number of methoxy groups -OCH3 is 1. The molecular formula is C14H20N2O4. The van der Waals surface area contributed by atoms with Crippen molar-refractivity contribution >= 4 is 17.6 Å². The molecule has 110 valence electrons. The largest absolute Gasteiger partial charge is 0.496 e. The first-order valence-corrected chi connectivity index (χ1v) is 6.45. The molecule has 0 saturated heterocycles. The van der Waals surface area contributed by atoms with Gasteiger partial charge in [0.1, 0.15) is 11.3 Å². The fraction of sp³-hybridized carbons (Fsp3) is 0.429. The number of anilines is 1. The summed E-state index contributed by atoms with van der Waals surface area (Å²) in [4.78, 5) is 23.0. The van der Waals surface area contributed by atoms with Crippen molar-refractivity contribution in [3.05, 3.63) is 23.8 Å². The molecule has 0 fully saturated rings.